The van der Waals surface area contributed by atoms with E-state index in [9.17, 15) is 13.6 Å². The topological polar surface area (TPSA) is 20.3 Å². The van der Waals surface area contributed by atoms with Crippen molar-refractivity contribution in [1.82, 2.24) is 4.90 Å². The van der Waals surface area contributed by atoms with E-state index in [2.05, 4.69) is 0 Å². The molecule has 1 saturated heterocycles. The number of halogens is 2. The lowest BCUT2D eigenvalue weighted by Gasteiger charge is -2.39. The van der Waals surface area contributed by atoms with Gasteiger partial charge in [-0.15, -0.1) is 0 Å². The molecule has 1 aliphatic rings. The molecule has 0 radical (unpaired) electrons. The number of carbonyl (C=O) groups excluding carboxylic acids is 1. The van der Waals surface area contributed by atoms with E-state index in [0.717, 1.165) is 31.4 Å². The third-order valence-corrected chi connectivity index (χ3v) is 3.60. The summed E-state index contributed by atoms with van der Waals surface area (Å²) in [5.41, 5.74) is -0.432. The minimum Gasteiger partial charge on any atom is -0.333 e. The van der Waals surface area contributed by atoms with E-state index in [1.807, 2.05) is 13.8 Å². The number of nitrogens with zero attached hydrogens (tertiary/aromatic N) is 1. The lowest BCUT2D eigenvalue weighted by molar-refractivity contribution is 0.0501. The molecule has 1 aromatic rings. The van der Waals surface area contributed by atoms with Gasteiger partial charge >= 0.3 is 0 Å². The molecular weight excluding hydrogens is 236 g/mol. The Kier molecular flexibility index (Phi) is 3.64. The molecule has 0 unspecified atom stereocenters. The van der Waals surface area contributed by atoms with E-state index in [4.69, 9.17) is 0 Å². The van der Waals surface area contributed by atoms with Crippen molar-refractivity contribution in [1.29, 1.82) is 0 Å². The fourth-order valence-electron chi connectivity index (χ4n) is 2.65. The molecule has 1 amide bonds. The van der Waals surface area contributed by atoms with Gasteiger partial charge in [0.15, 0.2) is 0 Å². The predicted octanol–water partition coefficient (Wildman–Crippen LogP) is 3.37. The van der Waals surface area contributed by atoms with Gasteiger partial charge in [-0.1, -0.05) is 6.07 Å². The highest BCUT2D eigenvalue weighted by atomic mass is 19.1. The van der Waals surface area contributed by atoms with Crippen molar-refractivity contribution >= 4 is 5.91 Å². The quantitative estimate of drug-likeness (QED) is 0.751. The Bertz CT molecular complexity index is 431. The second kappa shape index (κ2) is 5.04. The molecule has 2 atom stereocenters. The lowest BCUT2D eigenvalue weighted by atomic mass is 9.96. The number of benzene rings is 1. The van der Waals surface area contributed by atoms with Gasteiger partial charge in [0.2, 0.25) is 0 Å². The van der Waals surface area contributed by atoms with Crippen LogP contribution >= 0.6 is 0 Å². The Morgan fingerprint density at radius 1 is 1.17 bits per heavy atom. The molecule has 0 bridgehead atoms. The standard InChI is InChI=1S/C14H17F2NO/c1-9-5-3-6-10(2)17(9)14(18)13-11(15)7-4-8-12(13)16/h4,7-10H,3,5-6H2,1-2H3/t9-,10-/m1/s1. The van der Waals surface area contributed by atoms with Gasteiger partial charge < -0.3 is 4.90 Å². The highest BCUT2D eigenvalue weighted by Crippen LogP contribution is 2.26. The van der Waals surface area contributed by atoms with E-state index < -0.39 is 23.1 Å². The van der Waals surface area contributed by atoms with Gasteiger partial charge in [-0.3, -0.25) is 4.79 Å². The Labute approximate surface area is 106 Å². The average Bonchev–Trinajstić information content (AvgIpc) is 2.28. The smallest absolute Gasteiger partial charge is 0.260 e. The van der Waals surface area contributed by atoms with Crippen LogP contribution in [0.4, 0.5) is 8.78 Å². The maximum atomic E-state index is 13.6. The second-order valence-electron chi connectivity index (χ2n) is 4.94. The van der Waals surface area contributed by atoms with E-state index >= 15 is 0 Å². The summed E-state index contributed by atoms with van der Waals surface area (Å²) in [7, 11) is 0. The van der Waals surface area contributed by atoms with Gasteiger partial charge in [-0.25, -0.2) is 8.78 Å². The van der Waals surface area contributed by atoms with Gasteiger partial charge in [0, 0.05) is 12.1 Å². The predicted molar refractivity (Wildman–Crippen MR) is 65.3 cm³/mol. The maximum absolute atomic E-state index is 13.6. The zero-order valence-corrected chi connectivity index (χ0v) is 10.6. The molecule has 2 rings (SSSR count). The first-order chi connectivity index (χ1) is 8.52. The lowest BCUT2D eigenvalue weighted by Crippen LogP contribution is -2.48. The monoisotopic (exact) mass is 253 g/mol. The highest BCUT2D eigenvalue weighted by molar-refractivity contribution is 5.95. The zero-order chi connectivity index (χ0) is 13.3. The summed E-state index contributed by atoms with van der Waals surface area (Å²) in [5, 5.41) is 0. The summed E-state index contributed by atoms with van der Waals surface area (Å²) in [4.78, 5) is 13.9. The van der Waals surface area contributed by atoms with E-state index in [1.165, 1.54) is 6.07 Å². The number of amides is 1. The number of hydrogen-bond acceptors (Lipinski definition) is 1. The normalized spacial score (nSPS) is 24.1. The van der Waals surface area contributed by atoms with Crippen LogP contribution in [-0.2, 0) is 0 Å². The number of carbonyl (C=O) groups is 1. The summed E-state index contributed by atoms with van der Waals surface area (Å²) in [6.45, 7) is 3.85. The minimum absolute atomic E-state index is 0.0280. The third-order valence-electron chi connectivity index (χ3n) is 3.60. The van der Waals surface area contributed by atoms with Crippen LogP contribution in [0.1, 0.15) is 43.5 Å². The van der Waals surface area contributed by atoms with Gasteiger partial charge in [0.1, 0.15) is 17.2 Å². The van der Waals surface area contributed by atoms with E-state index in [-0.39, 0.29) is 12.1 Å². The fraction of sp³-hybridized carbons (Fsp3) is 0.500. The van der Waals surface area contributed by atoms with Crippen LogP contribution in [0.5, 0.6) is 0 Å². The SMILES string of the molecule is C[C@@H]1CCC[C@@H](C)N1C(=O)c1c(F)cccc1F. The molecule has 98 valence electrons. The molecule has 1 aliphatic heterocycles. The van der Waals surface area contributed by atoms with Crippen LogP contribution in [0.15, 0.2) is 18.2 Å². The third kappa shape index (κ3) is 2.24. The molecule has 0 aliphatic carbocycles. The summed E-state index contributed by atoms with van der Waals surface area (Å²) in [6.07, 6.45) is 2.81. The summed E-state index contributed by atoms with van der Waals surface area (Å²) >= 11 is 0. The summed E-state index contributed by atoms with van der Waals surface area (Å²) < 4.78 is 27.2. The number of hydrogen-bond donors (Lipinski definition) is 0. The van der Waals surface area contributed by atoms with Gasteiger partial charge in [0.25, 0.3) is 5.91 Å². The molecular formula is C14H17F2NO. The Hall–Kier alpha value is -1.45. The second-order valence-corrected chi connectivity index (χ2v) is 4.94. The van der Waals surface area contributed by atoms with Gasteiger partial charge in [-0.2, -0.15) is 0 Å². The Balaban J connectivity index is 2.35. The van der Waals surface area contributed by atoms with Crippen LogP contribution in [0.3, 0.4) is 0 Å². The molecule has 1 fully saturated rings. The molecule has 0 aromatic heterocycles. The molecule has 2 nitrogen and oxygen atoms in total. The van der Waals surface area contributed by atoms with Crippen molar-refractivity contribution in [3.05, 3.63) is 35.4 Å². The molecule has 1 aromatic carbocycles. The first-order valence-electron chi connectivity index (χ1n) is 6.29. The van der Waals surface area contributed by atoms with Crippen molar-refractivity contribution in [2.45, 2.75) is 45.2 Å². The zero-order valence-electron chi connectivity index (χ0n) is 10.6. The molecule has 18 heavy (non-hydrogen) atoms. The van der Waals surface area contributed by atoms with Crippen molar-refractivity contribution in [3.8, 4) is 0 Å². The number of piperidine rings is 1. The average molecular weight is 253 g/mol. The van der Waals surface area contributed by atoms with E-state index in [1.54, 1.807) is 4.90 Å². The van der Waals surface area contributed by atoms with Crippen molar-refractivity contribution in [2.24, 2.45) is 0 Å². The highest BCUT2D eigenvalue weighted by Gasteiger charge is 2.32. The molecule has 0 N–H and O–H groups in total. The Morgan fingerprint density at radius 2 is 1.67 bits per heavy atom. The summed E-state index contributed by atoms with van der Waals surface area (Å²) in [6, 6.07) is 3.57. The Morgan fingerprint density at radius 3 is 2.17 bits per heavy atom. The molecule has 1 heterocycles. The van der Waals surface area contributed by atoms with Crippen molar-refractivity contribution < 1.29 is 13.6 Å². The van der Waals surface area contributed by atoms with E-state index in [0.29, 0.717) is 0 Å². The van der Waals surface area contributed by atoms with Crippen LogP contribution in [0.2, 0.25) is 0 Å². The van der Waals surface area contributed by atoms with Crippen molar-refractivity contribution in [2.75, 3.05) is 0 Å². The first kappa shape index (κ1) is 13.0. The molecule has 4 heteroatoms. The first-order valence-corrected chi connectivity index (χ1v) is 6.29. The van der Waals surface area contributed by atoms with Crippen LogP contribution in [0, 0.1) is 11.6 Å². The number of rotatable bonds is 1. The van der Waals surface area contributed by atoms with Crippen LogP contribution in [-0.4, -0.2) is 22.9 Å². The molecule has 0 saturated carbocycles. The van der Waals surface area contributed by atoms with Gasteiger partial charge in [-0.05, 0) is 45.2 Å². The largest absolute Gasteiger partial charge is 0.333 e. The molecule has 0 spiro atoms. The summed E-state index contributed by atoms with van der Waals surface area (Å²) in [5.74, 6) is -2.11. The van der Waals surface area contributed by atoms with Gasteiger partial charge in [0.05, 0.1) is 0 Å². The van der Waals surface area contributed by atoms with Crippen molar-refractivity contribution in [3.63, 3.8) is 0 Å². The van der Waals surface area contributed by atoms with Crippen LogP contribution < -0.4 is 0 Å². The maximum Gasteiger partial charge on any atom is 0.260 e. The van der Waals surface area contributed by atoms with Crippen LogP contribution in [0.25, 0.3) is 0 Å². The minimum atomic E-state index is -0.787. The number of likely N-dealkylation sites (tertiary alicyclic amines) is 1. The fourth-order valence-corrected chi connectivity index (χ4v) is 2.65.